The summed E-state index contributed by atoms with van der Waals surface area (Å²) in [7, 11) is 0. The molecule has 106 valence electrons. The number of rotatable bonds is 2. The van der Waals surface area contributed by atoms with E-state index in [1.54, 1.807) is 4.68 Å². The van der Waals surface area contributed by atoms with E-state index in [1.807, 2.05) is 72.8 Å². The Morgan fingerprint density at radius 1 is 0.773 bits per heavy atom. The third-order valence-electron chi connectivity index (χ3n) is 3.55. The zero-order chi connectivity index (χ0) is 14.9. The van der Waals surface area contributed by atoms with E-state index >= 15 is 0 Å². The first-order valence-corrected chi connectivity index (χ1v) is 7.37. The third-order valence-corrected chi connectivity index (χ3v) is 3.91. The maximum Gasteiger partial charge on any atom is 0.183 e. The molecular weight excluding hydrogens is 294 g/mol. The first-order valence-electron chi connectivity index (χ1n) is 6.99. The molecule has 0 atom stereocenters. The van der Waals surface area contributed by atoms with Crippen LogP contribution in [0.15, 0.2) is 72.8 Å². The Kier molecular flexibility index (Phi) is 3.13. The van der Waals surface area contributed by atoms with Gasteiger partial charge in [0.15, 0.2) is 5.65 Å². The Labute approximate surface area is 132 Å². The van der Waals surface area contributed by atoms with Gasteiger partial charge in [0.2, 0.25) is 0 Å². The van der Waals surface area contributed by atoms with Gasteiger partial charge in [-0.05, 0) is 24.3 Å². The third kappa shape index (κ3) is 2.16. The van der Waals surface area contributed by atoms with E-state index in [-0.39, 0.29) is 0 Å². The Morgan fingerprint density at radius 2 is 1.45 bits per heavy atom. The van der Waals surface area contributed by atoms with Crippen LogP contribution in [-0.4, -0.2) is 14.8 Å². The normalized spacial score (nSPS) is 11.0. The van der Waals surface area contributed by atoms with Gasteiger partial charge in [-0.2, -0.15) is 0 Å². The first kappa shape index (κ1) is 13.0. The molecule has 0 aliphatic heterocycles. The molecule has 0 spiro atoms. The second kappa shape index (κ2) is 5.28. The average molecular weight is 306 g/mol. The molecule has 0 fully saturated rings. The van der Waals surface area contributed by atoms with Crippen molar-refractivity contribution in [3.8, 4) is 16.9 Å². The predicted molar refractivity (Wildman–Crippen MR) is 89.3 cm³/mol. The summed E-state index contributed by atoms with van der Waals surface area (Å²) in [5.41, 5.74) is 3.53. The molecule has 2 heterocycles. The summed E-state index contributed by atoms with van der Waals surface area (Å²) in [4.78, 5) is 4.64. The molecule has 22 heavy (non-hydrogen) atoms. The molecule has 2 aromatic carbocycles. The second-order valence-corrected chi connectivity index (χ2v) is 5.33. The van der Waals surface area contributed by atoms with E-state index in [0.717, 1.165) is 22.3 Å². The van der Waals surface area contributed by atoms with Gasteiger partial charge in [0, 0.05) is 5.56 Å². The number of hydrogen-bond acceptors (Lipinski definition) is 2. The summed E-state index contributed by atoms with van der Waals surface area (Å²) < 4.78 is 1.72. The molecule has 3 nitrogen and oxygen atoms in total. The van der Waals surface area contributed by atoms with Crippen LogP contribution in [0.1, 0.15) is 0 Å². The van der Waals surface area contributed by atoms with Crippen LogP contribution in [0.2, 0.25) is 5.15 Å². The number of pyridine rings is 1. The Hall–Kier alpha value is -2.65. The molecule has 0 amide bonds. The van der Waals surface area contributed by atoms with Crippen molar-refractivity contribution in [2.75, 3.05) is 0 Å². The Bertz CT molecular complexity index is 931. The lowest BCUT2D eigenvalue weighted by Crippen LogP contribution is -1.95. The van der Waals surface area contributed by atoms with Crippen LogP contribution < -0.4 is 0 Å². The van der Waals surface area contributed by atoms with Gasteiger partial charge in [-0.3, -0.25) is 0 Å². The van der Waals surface area contributed by atoms with Crippen molar-refractivity contribution >= 4 is 22.6 Å². The topological polar surface area (TPSA) is 30.7 Å². The van der Waals surface area contributed by atoms with Crippen LogP contribution >= 0.6 is 11.6 Å². The van der Waals surface area contributed by atoms with Crippen molar-refractivity contribution in [3.05, 3.63) is 77.9 Å². The molecule has 0 aliphatic carbocycles. The van der Waals surface area contributed by atoms with E-state index in [9.17, 15) is 0 Å². The van der Waals surface area contributed by atoms with E-state index in [0.29, 0.717) is 10.8 Å². The molecule has 4 rings (SSSR count). The lowest BCUT2D eigenvalue weighted by molar-refractivity contribution is 0.891. The predicted octanol–water partition coefficient (Wildman–Crippen LogP) is 4.74. The number of fused-ring (bicyclic) bond motifs is 1. The van der Waals surface area contributed by atoms with Gasteiger partial charge >= 0.3 is 0 Å². The zero-order valence-electron chi connectivity index (χ0n) is 11.6. The molecule has 4 aromatic rings. The lowest BCUT2D eigenvalue weighted by atomic mass is 10.1. The Morgan fingerprint density at radius 3 is 2.18 bits per heavy atom. The molecule has 0 aliphatic rings. The molecule has 0 N–H and O–H groups in total. The number of halogens is 1. The lowest BCUT2D eigenvalue weighted by Gasteiger charge is -2.00. The molecule has 4 heteroatoms. The van der Waals surface area contributed by atoms with Crippen molar-refractivity contribution in [1.29, 1.82) is 0 Å². The second-order valence-electron chi connectivity index (χ2n) is 4.97. The van der Waals surface area contributed by atoms with E-state index in [1.165, 1.54) is 0 Å². The van der Waals surface area contributed by atoms with Crippen molar-refractivity contribution in [3.63, 3.8) is 0 Å². The van der Waals surface area contributed by atoms with Crippen molar-refractivity contribution in [2.45, 2.75) is 0 Å². The van der Waals surface area contributed by atoms with Crippen molar-refractivity contribution in [1.82, 2.24) is 14.8 Å². The maximum absolute atomic E-state index is 6.45. The summed E-state index contributed by atoms with van der Waals surface area (Å²) >= 11 is 6.45. The maximum atomic E-state index is 6.45. The van der Waals surface area contributed by atoms with Crippen LogP contribution in [0.3, 0.4) is 0 Å². The van der Waals surface area contributed by atoms with Gasteiger partial charge in [-0.15, -0.1) is 5.10 Å². The minimum absolute atomic E-state index is 0.577. The minimum Gasteiger partial charge on any atom is -0.226 e. The number of aromatic nitrogens is 3. The standard InChI is InChI=1S/C18H12ClN3/c19-17-15-11-12-16(13-7-3-1-4-8-13)20-18(15)21-22(17)14-9-5-2-6-10-14/h1-12H. The summed E-state index contributed by atoms with van der Waals surface area (Å²) in [6.45, 7) is 0. The molecule has 0 radical (unpaired) electrons. The van der Waals surface area contributed by atoms with Gasteiger partial charge in [0.25, 0.3) is 0 Å². The van der Waals surface area contributed by atoms with Crippen molar-refractivity contribution in [2.24, 2.45) is 0 Å². The monoisotopic (exact) mass is 305 g/mol. The van der Waals surface area contributed by atoms with Gasteiger partial charge in [-0.1, -0.05) is 60.1 Å². The molecule has 0 bridgehead atoms. The molecule has 0 unspecified atom stereocenters. The van der Waals surface area contributed by atoms with Gasteiger partial charge < -0.3 is 0 Å². The Balaban J connectivity index is 1.88. The first-order chi connectivity index (χ1) is 10.8. The highest BCUT2D eigenvalue weighted by Crippen LogP contribution is 2.27. The molecule has 2 aromatic heterocycles. The van der Waals surface area contributed by atoms with E-state index in [2.05, 4.69) is 10.1 Å². The summed E-state index contributed by atoms with van der Waals surface area (Å²) in [6, 6.07) is 23.8. The minimum atomic E-state index is 0.577. The van der Waals surface area contributed by atoms with Gasteiger partial charge in [0.05, 0.1) is 16.8 Å². The SMILES string of the molecule is Clc1c2ccc(-c3ccccc3)nc2nn1-c1ccccc1. The summed E-state index contributed by atoms with van der Waals surface area (Å²) in [5, 5.41) is 5.97. The van der Waals surface area contributed by atoms with Crippen LogP contribution in [0, 0.1) is 0 Å². The number of benzene rings is 2. The fraction of sp³-hybridized carbons (Fsp3) is 0. The highest BCUT2D eigenvalue weighted by atomic mass is 35.5. The van der Waals surface area contributed by atoms with Gasteiger partial charge in [-0.25, -0.2) is 9.67 Å². The van der Waals surface area contributed by atoms with Crippen LogP contribution in [0.25, 0.3) is 28.0 Å². The number of hydrogen-bond donors (Lipinski definition) is 0. The molecule has 0 saturated carbocycles. The smallest absolute Gasteiger partial charge is 0.183 e. The largest absolute Gasteiger partial charge is 0.226 e. The van der Waals surface area contributed by atoms with E-state index < -0.39 is 0 Å². The fourth-order valence-corrected chi connectivity index (χ4v) is 2.73. The van der Waals surface area contributed by atoms with E-state index in [4.69, 9.17) is 11.6 Å². The van der Waals surface area contributed by atoms with Gasteiger partial charge in [0.1, 0.15) is 5.15 Å². The average Bonchev–Trinajstić information content (AvgIpc) is 2.93. The highest BCUT2D eigenvalue weighted by Gasteiger charge is 2.12. The number of para-hydroxylation sites is 1. The molecule has 0 saturated heterocycles. The van der Waals surface area contributed by atoms with Crippen molar-refractivity contribution < 1.29 is 0 Å². The number of nitrogens with zero attached hydrogens (tertiary/aromatic N) is 3. The summed E-state index contributed by atoms with van der Waals surface area (Å²) in [6.07, 6.45) is 0. The highest BCUT2D eigenvalue weighted by molar-refractivity contribution is 6.34. The molecular formula is C18H12ClN3. The zero-order valence-corrected chi connectivity index (χ0v) is 12.4. The van der Waals surface area contributed by atoms with Crippen LogP contribution in [0.5, 0.6) is 0 Å². The van der Waals surface area contributed by atoms with Crippen LogP contribution in [-0.2, 0) is 0 Å². The summed E-state index contributed by atoms with van der Waals surface area (Å²) in [5.74, 6) is 0. The van der Waals surface area contributed by atoms with Crippen LogP contribution in [0.4, 0.5) is 0 Å². The quantitative estimate of drug-likeness (QED) is 0.535. The fourth-order valence-electron chi connectivity index (χ4n) is 2.45.